The van der Waals surface area contributed by atoms with Crippen molar-refractivity contribution >= 4 is 11.4 Å². The SMILES string of the molecule is CCC1(CC)CCN(c2ccc(C)cc2N)C1. The molecule has 1 aliphatic heterocycles. The highest BCUT2D eigenvalue weighted by Crippen LogP contribution is 2.40. The molecule has 0 radical (unpaired) electrons. The molecule has 2 N–H and O–H groups in total. The summed E-state index contributed by atoms with van der Waals surface area (Å²) in [6.07, 6.45) is 3.84. The van der Waals surface area contributed by atoms with Crippen LogP contribution in [0, 0.1) is 12.3 Å². The summed E-state index contributed by atoms with van der Waals surface area (Å²) in [4.78, 5) is 2.46. The van der Waals surface area contributed by atoms with Crippen LogP contribution in [0.25, 0.3) is 0 Å². The van der Waals surface area contributed by atoms with Gasteiger partial charge in [0.05, 0.1) is 11.4 Å². The van der Waals surface area contributed by atoms with Crippen LogP contribution < -0.4 is 10.6 Å². The minimum atomic E-state index is 0.511. The molecule has 0 bridgehead atoms. The van der Waals surface area contributed by atoms with Crippen molar-refractivity contribution in [2.75, 3.05) is 23.7 Å². The van der Waals surface area contributed by atoms with Gasteiger partial charge in [-0.3, -0.25) is 0 Å². The first-order valence-corrected chi connectivity index (χ1v) is 6.71. The highest BCUT2D eigenvalue weighted by Gasteiger charge is 2.35. The summed E-state index contributed by atoms with van der Waals surface area (Å²) in [6.45, 7) is 9.02. The van der Waals surface area contributed by atoms with E-state index in [4.69, 9.17) is 5.73 Å². The average Bonchev–Trinajstić information content (AvgIpc) is 2.74. The normalized spacial score (nSPS) is 18.6. The molecule has 0 atom stereocenters. The number of anilines is 2. The molecule has 0 aliphatic carbocycles. The number of hydrogen-bond acceptors (Lipinski definition) is 2. The summed E-state index contributed by atoms with van der Waals surface area (Å²) >= 11 is 0. The second-order valence-corrected chi connectivity index (χ2v) is 5.44. The monoisotopic (exact) mass is 232 g/mol. The Kier molecular flexibility index (Phi) is 3.32. The molecule has 94 valence electrons. The van der Waals surface area contributed by atoms with Gasteiger partial charge in [-0.1, -0.05) is 19.9 Å². The quantitative estimate of drug-likeness (QED) is 0.807. The van der Waals surface area contributed by atoms with Gasteiger partial charge in [-0.15, -0.1) is 0 Å². The lowest BCUT2D eigenvalue weighted by atomic mass is 9.82. The zero-order chi connectivity index (χ0) is 12.5. The van der Waals surface area contributed by atoms with Crippen LogP contribution in [0.1, 0.15) is 38.7 Å². The molecular formula is C15H24N2. The van der Waals surface area contributed by atoms with Gasteiger partial charge in [0.15, 0.2) is 0 Å². The fourth-order valence-corrected chi connectivity index (χ4v) is 2.93. The maximum absolute atomic E-state index is 6.13. The Labute approximate surface area is 105 Å². The molecule has 0 spiro atoms. The van der Waals surface area contributed by atoms with Crippen LogP contribution in [-0.4, -0.2) is 13.1 Å². The molecular weight excluding hydrogens is 208 g/mol. The Balaban J connectivity index is 2.20. The minimum absolute atomic E-state index is 0.511. The van der Waals surface area contributed by atoms with Gasteiger partial charge in [0.1, 0.15) is 0 Å². The number of aryl methyl sites for hydroxylation is 1. The molecule has 2 rings (SSSR count). The zero-order valence-electron chi connectivity index (χ0n) is 11.3. The average molecular weight is 232 g/mol. The van der Waals surface area contributed by atoms with Crippen molar-refractivity contribution in [3.63, 3.8) is 0 Å². The Morgan fingerprint density at radius 3 is 2.53 bits per heavy atom. The molecule has 1 aromatic rings. The maximum Gasteiger partial charge on any atom is 0.0600 e. The van der Waals surface area contributed by atoms with E-state index in [1.807, 2.05) is 0 Å². The van der Waals surface area contributed by atoms with E-state index in [-0.39, 0.29) is 0 Å². The molecule has 1 aromatic carbocycles. The molecule has 0 aromatic heterocycles. The molecule has 1 aliphatic rings. The summed E-state index contributed by atoms with van der Waals surface area (Å²) in [5, 5.41) is 0. The summed E-state index contributed by atoms with van der Waals surface area (Å²) in [5.41, 5.74) is 10.0. The van der Waals surface area contributed by atoms with Crippen LogP contribution >= 0.6 is 0 Å². The summed E-state index contributed by atoms with van der Waals surface area (Å²) in [6, 6.07) is 6.41. The zero-order valence-corrected chi connectivity index (χ0v) is 11.3. The van der Waals surface area contributed by atoms with E-state index in [1.54, 1.807) is 0 Å². The molecule has 2 nitrogen and oxygen atoms in total. The third-order valence-corrected chi connectivity index (χ3v) is 4.46. The van der Waals surface area contributed by atoms with E-state index < -0.39 is 0 Å². The van der Waals surface area contributed by atoms with Gasteiger partial charge >= 0.3 is 0 Å². The van der Waals surface area contributed by atoms with Crippen LogP contribution in [0.15, 0.2) is 18.2 Å². The van der Waals surface area contributed by atoms with Gasteiger partial charge in [-0.25, -0.2) is 0 Å². The lowest BCUT2D eigenvalue weighted by molar-refractivity contribution is 0.301. The van der Waals surface area contributed by atoms with Gasteiger partial charge in [0.2, 0.25) is 0 Å². The minimum Gasteiger partial charge on any atom is -0.397 e. The maximum atomic E-state index is 6.13. The Hall–Kier alpha value is -1.18. The van der Waals surface area contributed by atoms with E-state index in [2.05, 4.69) is 43.9 Å². The number of nitrogen functional groups attached to an aromatic ring is 1. The first-order valence-electron chi connectivity index (χ1n) is 6.71. The van der Waals surface area contributed by atoms with Gasteiger partial charge < -0.3 is 10.6 Å². The van der Waals surface area contributed by atoms with Crippen LogP contribution in [0.5, 0.6) is 0 Å². The van der Waals surface area contributed by atoms with Crippen molar-refractivity contribution < 1.29 is 0 Å². The predicted molar refractivity (Wildman–Crippen MR) is 75.4 cm³/mol. The summed E-state index contributed by atoms with van der Waals surface area (Å²) < 4.78 is 0. The van der Waals surface area contributed by atoms with Gasteiger partial charge in [0.25, 0.3) is 0 Å². The van der Waals surface area contributed by atoms with Crippen molar-refractivity contribution in [2.24, 2.45) is 5.41 Å². The first-order chi connectivity index (χ1) is 8.10. The van der Waals surface area contributed by atoms with Crippen molar-refractivity contribution in [1.82, 2.24) is 0 Å². The number of nitrogens with zero attached hydrogens (tertiary/aromatic N) is 1. The van der Waals surface area contributed by atoms with Crippen LogP contribution in [-0.2, 0) is 0 Å². The fourth-order valence-electron chi connectivity index (χ4n) is 2.93. The Morgan fingerprint density at radius 2 is 2.00 bits per heavy atom. The Bertz CT molecular complexity index is 394. The number of nitrogens with two attached hydrogens (primary N) is 1. The third kappa shape index (κ3) is 2.26. The van der Waals surface area contributed by atoms with Crippen molar-refractivity contribution in [3.8, 4) is 0 Å². The van der Waals surface area contributed by atoms with Crippen molar-refractivity contribution in [2.45, 2.75) is 40.0 Å². The molecule has 1 heterocycles. The van der Waals surface area contributed by atoms with Crippen molar-refractivity contribution in [1.29, 1.82) is 0 Å². The lowest BCUT2D eigenvalue weighted by Gasteiger charge is -2.27. The summed E-state index contributed by atoms with van der Waals surface area (Å²) in [7, 11) is 0. The standard InChI is InChI=1S/C15H24N2/c1-4-15(5-2)8-9-17(11-15)14-7-6-12(3)10-13(14)16/h6-7,10H,4-5,8-9,11,16H2,1-3H3. The highest BCUT2D eigenvalue weighted by molar-refractivity contribution is 5.68. The third-order valence-electron chi connectivity index (χ3n) is 4.46. The number of hydrogen-bond donors (Lipinski definition) is 1. The van der Waals surface area contributed by atoms with Crippen LogP contribution in [0.2, 0.25) is 0 Å². The van der Waals surface area contributed by atoms with Crippen molar-refractivity contribution in [3.05, 3.63) is 23.8 Å². The molecule has 0 unspecified atom stereocenters. The van der Waals surface area contributed by atoms with Crippen LogP contribution in [0.3, 0.4) is 0 Å². The number of rotatable bonds is 3. The molecule has 0 amide bonds. The fraction of sp³-hybridized carbons (Fsp3) is 0.600. The highest BCUT2D eigenvalue weighted by atomic mass is 15.2. The molecule has 0 saturated carbocycles. The van der Waals surface area contributed by atoms with E-state index in [9.17, 15) is 0 Å². The van der Waals surface area contributed by atoms with Gasteiger partial charge in [0, 0.05) is 13.1 Å². The van der Waals surface area contributed by atoms with Crippen LogP contribution in [0.4, 0.5) is 11.4 Å². The Morgan fingerprint density at radius 1 is 1.29 bits per heavy atom. The van der Waals surface area contributed by atoms with E-state index in [0.29, 0.717) is 5.41 Å². The lowest BCUT2D eigenvalue weighted by Crippen LogP contribution is -2.26. The molecule has 17 heavy (non-hydrogen) atoms. The van der Waals surface area contributed by atoms with E-state index >= 15 is 0 Å². The molecule has 2 heteroatoms. The molecule has 1 fully saturated rings. The number of benzene rings is 1. The van der Waals surface area contributed by atoms with Gasteiger partial charge in [-0.2, -0.15) is 0 Å². The van der Waals surface area contributed by atoms with Gasteiger partial charge in [-0.05, 0) is 49.3 Å². The first kappa shape index (κ1) is 12.3. The van der Waals surface area contributed by atoms with E-state index in [1.165, 1.54) is 30.5 Å². The topological polar surface area (TPSA) is 29.3 Å². The largest absolute Gasteiger partial charge is 0.397 e. The summed E-state index contributed by atoms with van der Waals surface area (Å²) in [5.74, 6) is 0. The smallest absolute Gasteiger partial charge is 0.0600 e. The van der Waals surface area contributed by atoms with E-state index in [0.717, 1.165) is 18.8 Å². The second-order valence-electron chi connectivity index (χ2n) is 5.44. The molecule has 1 saturated heterocycles. The second kappa shape index (κ2) is 4.59. The predicted octanol–water partition coefficient (Wildman–Crippen LogP) is 3.59.